The maximum absolute atomic E-state index is 13.4. The predicted octanol–water partition coefficient (Wildman–Crippen LogP) is 7.11. The van der Waals surface area contributed by atoms with Gasteiger partial charge in [0, 0.05) is 36.1 Å². The van der Waals surface area contributed by atoms with Crippen molar-refractivity contribution in [3.05, 3.63) is 63.1 Å². The Hall–Kier alpha value is -1.42. The third-order valence-corrected chi connectivity index (χ3v) is 9.24. The van der Waals surface area contributed by atoms with Crippen LogP contribution in [-0.2, 0) is 4.79 Å². The van der Waals surface area contributed by atoms with Gasteiger partial charge in [-0.1, -0.05) is 46.9 Å². The van der Waals surface area contributed by atoms with Crippen LogP contribution in [0.5, 0.6) is 0 Å². The minimum absolute atomic E-state index is 0.0217. The van der Waals surface area contributed by atoms with Gasteiger partial charge in [0.1, 0.15) is 0 Å². The molecule has 3 saturated carbocycles. The van der Waals surface area contributed by atoms with Gasteiger partial charge in [-0.15, -0.1) is 0 Å². The van der Waals surface area contributed by atoms with Gasteiger partial charge in [-0.05, 0) is 91.2 Å². The molecule has 4 fully saturated rings. The van der Waals surface area contributed by atoms with Crippen molar-refractivity contribution in [1.82, 2.24) is 4.90 Å². The van der Waals surface area contributed by atoms with E-state index in [9.17, 15) is 4.79 Å². The molecule has 0 N–H and O–H groups in total. The molecule has 1 aliphatic heterocycles. The van der Waals surface area contributed by atoms with Crippen LogP contribution in [0.2, 0.25) is 15.1 Å². The molecule has 33 heavy (non-hydrogen) atoms. The number of benzene rings is 2. The van der Waals surface area contributed by atoms with Gasteiger partial charge in [-0.3, -0.25) is 4.79 Å². The Balaban J connectivity index is 1.21. The molecule has 174 valence electrons. The molecule has 0 aromatic heterocycles. The first-order chi connectivity index (χ1) is 16.0. The van der Waals surface area contributed by atoms with Crippen molar-refractivity contribution in [2.45, 2.75) is 38.1 Å². The number of fused-ring (bicyclic) bond motifs is 3. The number of piperazine rings is 1. The first-order valence-electron chi connectivity index (χ1n) is 12.2. The van der Waals surface area contributed by atoms with E-state index in [-0.39, 0.29) is 6.04 Å². The number of carbonyl (C=O) groups excluding carboxylic acids is 1. The summed E-state index contributed by atoms with van der Waals surface area (Å²) in [5, 5.41) is 1.97. The van der Waals surface area contributed by atoms with Gasteiger partial charge in [0.2, 0.25) is 5.91 Å². The lowest BCUT2D eigenvalue weighted by Crippen LogP contribution is -2.51. The summed E-state index contributed by atoms with van der Waals surface area (Å²) in [6, 6.07) is 13.6. The van der Waals surface area contributed by atoms with Crippen LogP contribution in [-0.4, -0.2) is 30.4 Å². The highest BCUT2D eigenvalue weighted by Crippen LogP contribution is 2.64. The van der Waals surface area contributed by atoms with Gasteiger partial charge >= 0.3 is 0 Å². The fourth-order valence-electron chi connectivity index (χ4n) is 6.61. The van der Waals surface area contributed by atoms with Crippen LogP contribution >= 0.6 is 34.8 Å². The number of carbonyl (C=O) groups is 1. The molecule has 3 nitrogen and oxygen atoms in total. The third-order valence-electron chi connectivity index (χ3n) is 8.45. The van der Waals surface area contributed by atoms with Gasteiger partial charge in [-0.25, -0.2) is 0 Å². The third kappa shape index (κ3) is 4.49. The standard InChI is InChI=1S/C27H29Cl3N2O/c28-20-3-1-17(2-4-20)26-15-31(7-8-32(26)25-6-5-21(29)14-24(25)30)27(33)11-16-9-18-12-22(18)23-13-19(23)10-16/h1-6,14,16,18-19,22-23,26H,7-13,15H2/t16?,18-,19?,22?,23?,26+/m1/s1. The van der Waals surface area contributed by atoms with Crippen molar-refractivity contribution < 1.29 is 4.79 Å². The van der Waals surface area contributed by atoms with E-state index in [4.69, 9.17) is 34.8 Å². The Kier molecular flexibility index (Phi) is 5.79. The van der Waals surface area contributed by atoms with E-state index in [2.05, 4.69) is 21.9 Å². The summed E-state index contributed by atoms with van der Waals surface area (Å²) >= 11 is 18.9. The van der Waals surface area contributed by atoms with Crippen LogP contribution in [0.25, 0.3) is 0 Å². The quantitative estimate of drug-likeness (QED) is 0.444. The lowest BCUT2D eigenvalue weighted by molar-refractivity contribution is -0.133. The molecule has 0 bridgehead atoms. The second-order valence-electron chi connectivity index (χ2n) is 10.6. The molecule has 1 amide bonds. The number of amides is 1. The predicted molar refractivity (Wildman–Crippen MR) is 135 cm³/mol. The second-order valence-corrected chi connectivity index (χ2v) is 11.8. The largest absolute Gasteiger partial charge is 0.360 e. The van der Waals surface area contributed by atoms with E-state index in [0.29, 0.717) is 46.4 Å². The lowest BCUT2D eigenvalue weighted by Gasteiger charge is -2.43. The molecule has 0 spiro atoms. The highest BCUT2D eigenvalue weighted by atomic mass is 35.5. The topological polar surface area (TPSA) is 23.6 Å². The number of hydrogen-bond donors (Lipinski definition) is 0. The molecule has 4 unspecified atom stereocenters. The van der Waals surface area contributed by atoms with Gasteiger partial charge < -0.3 is 9.80 Å². The molecule has 1 heterocycles. The van der Waals surface area contributed by atoms with Gasteiger partial charge in [0.05, 0.1) is 16.8 Å². The number of anilines is 1. The van der Waals surface area contributed by atoms with E-state index in [1.54, 1.807) is 6.07 Å². The van der Waals surface area contributed by atoms with E-state index < -0.39 is 0 Å². The summed E-state index contributed by atoms with van der Waals surface area (Å²) < 4.78 is 0. The van der Waals surface area contributed by atoms with Crippen LogP contribution in [0.1, 0.15) is 43.7 Å². The van der Waals surface area contributed by atoms with Crippen molar-refractivity contribution in [3.8, 4) is 0 Å². The van der Waals surface area contributed by atoms with Gasteiger partial charge in [0.15, 0.2) is 0 Å². The van der Waals surface area contributed by atoms with E-state index in [1.165, 1.54) is 25.7 Å². The Morgan fingerprint density at radius 3 is 2.18 bits per heavy atom. The Bertz CT molecular complexity index is 1040. The molecule has 6 atom stereocenters. The van der Waals surface area contributed by atoms with Crippen molar-refractivity contribution >= 4 is 46.4 Å². The van der Waals surface area contributed by atoms with E-state index in [0.717, 1.165) is 41.5 Å². The Morgan fingerprint density at radius 1 is 0.848 bits per heavy atom. The maximum atomic E-state index is 13.4. The summed E-state index contributed by atoms with van der Waals surface area (Å²) in [6.07, 6.45) is 6.09. The molecule has 1 saturated heterocycles. The van der Waals surface area contributed by atoms with Crippen LogP contribution in [0.4, 0.5) is 5.69 Å². The number of halogens is 3. The zero-order valence-corrected chi connectivity index (χ0v) is 20.9. The molecule has 4 aliphatic rings. The molecular weight excluding hydrogens is 475 g/mol. The molecule has 2 aromatic carbocycles. The SMILES string of the molecule is O=C(CC1CC2CC2C2C[C@H]2C1)N1CCN(c2ccc(Cl)cc2Cl)[C@H](c2ccc(Cl)cc2)C1. The highest BCUT2D eigenvalue weighted by molar-refractivity contribution is 6.36. The molecule has 2 aromatic rings. The highest BCUT2D eigenvalue weighted by Gasteiger charge is 2.56. The van der Waals surface area contributed by atoms with E-state index >= 15 is 0 Å². The first kappa shape index (κ1) is 22.1. The average Bonchev–Trinajstić information content (AvgIpc) is 3.69. The molecule has 0 radical (unpaired) electrons. The molecular formula is C27H29Cl3N2O. The summed E-state index contributed by atoms with van der Waals surface area (Å²) in [4.78, 5) is 17.8. The fourth-order valence-corrected chi connectivity index (χ4v) is 7.25. The summed E-state index contributed by atoms with van der Waals surface area (Å²) in [5.41, 5.74) is 2.09. The molecule has 3 aliphatic carbocycles. The summed E-state index contributed by atoms with van der Waals surface area (Å²) in [5.74, 6) is 4.70. The Labute approximate surface area is 211 Å². The average molecular weight is 504 g/mol. The van der Waals surface area contributed by atoms with Crippen molar-refractivity contribution in [2.24, 2.45) is 29.6 Å². The number of nitrogens with zero attached hydrogens (tertiary/aromatic N) is 2. The van der Waals surface area contributed by atoms with Crippen LogP contribution in [0.15, 0.2) is 42.5 Å². The Morgan fingerprint density at radius 2 is 1.52 bits per heavy atom. The zero-order valence-electron chi connectivity index (χ0n) is 18.6. The smallest absolute Gasteiger partial charge is 0.222 e. The fraction of sp³-hybridized carbons (Fsp3) is 0.519. The van der Waals surface area contributed by atoms with Crippen LogP contribution < -0.4 is 4.90 Å². The summed E-state index contributed by atoms with van der Waals surface area (Å²) in [7, 11) is 0. The zero-order chi connectivity index (χ0) is 22.7. The van der Waals surface area contributed by atoms with Crippen molar-refractivity contribution in [2.75, 3.05) is 24.5 Å². The summed E-state index contributed by atoms with van der Waals surface area (Å²) in [6.45, 7) is 2.11. The first-order valence-corrected chi connectivity index (χ1v) is 13.3. The molecule has 6 rings (SSSR count). The minimum atomic E-state index is 0.0217. The van der Waals surface area contributed by atoms with Gasteiger partial charge in [-0.2, -0.15) is 0 Å². The lowest BCUT2D eigenvalue weighted by atomic mass is 9.92. The number of rotatable bonds is 4. The second kappa shape index (κ2) is 8.66. The molecule has 6 heteroatoms. The van der Waals surface area contributed by atoms with Crippen LogP contribution in [0, 0.1) is 29.6 Å². The van der Waals surface area contributed by atoms with Crippen molar-refractivity contribution in [1.29, 1.82) is 0 Å². The maximum Gasteiger partial charge on any atom is 0.222 e. The monoisotopic (exact) mass is 502 g/mol. The van der Waals surface area contributed by atoms with Crippen molar-refractivity contribution in [3.63, 3.8) is 0 Å². The van der Waals surface area contributed by atoms with Gasteiger partial charge in [0.25, 0.3) is 0 Å². The van der Waals surface area contributed by atoms with E-state index in [1.807, 2.05) is 24.3 Å². The minimum Gasteiger partial charge on any atom is -0.360 e. The van der Waals surface area contributed by atoms with Crippen LogP contribution in [0.3, 0.4) is 0 Å². The number of hydrogen-bond acceptors (Lipinski definition) is 2. The normalized spacial score (nSPS) is 32.6.